The monoisotopic (exact) mass is 793 g/mol. The Bertz CT molecular complexity index is 2400. The van der Waals surface area contributed by atoms with Crippen LogP contribution >= 0.6 is 22.7 Å². The van der Waals surface area contributed by atoms with Crippen LogP contribution in [0.3, 0.4) is 0 Å². The molecule has 3 atom stereocenters. The van der Waals surface area contributed by atoms with Crippen LogP contribution in [-0.4, -0.2) is 79.7 Å². The molecule has 0 bridgehead atoms. The third kappa shape index (κ3) is 7.27. The van der Waals surface area contributed by atoms with Gasteiger partial charge in [-0.3, -0.25) is 9.69 Å². The molecule has 56 heavy (non-hydrogen) atoms. The van der Waals surface area contributed by atoms with Crippen molar-refractivity contribution in [3.8, 4) is 33.5 Å². The first-order valence-corrected chi connectivity index (χ1v) is 20.9. The largest absolute Gasteiger partial charge is 0.453 e. The van der Waals surface area contributed by atoms with Gasteiger partial charge in [-0.25, -0.2) is 19.6 Å². The number of hydrogen-bond acceptors (Lipinski definition) is 9. The summed E-state index contributed by atoms with van der Waals surface area (Å²) in [5.41, 5.74) is 7.82. The Morgan fingerprint density at radius 2 is 1.48 bits per heavy atom. The molecule has 2 saturated heterocycles. The van der Waals surface area contributed by atoms with Crippen LogP contribution in [0, 0.1) is 5.92 Å². The van der Waals surface area contributed by atoms with Crippen molar-refractivity contribution in [2.24, 2.45) is 5.92 Å². The lowest BCUT2D eigenvalue weighted by Crippen LogP contribution is -2.51. The topological polar surface area (TPSA) is 146 Å². The van der Waals surface area contributed by atoms with E-state index in [2.05, 4.69) is 68.5 Å². The van der Waals surface area contributed by atoms with E-state index < -0.39 is 17.7 Å². The highest BCUT2D eigenvalue weighted by molar-refractivity contribution is 7.27. The van der Waals surface area contributed by atoms with Gasteiger partial charge in [-0.1, -0.05) is 44.2 Å². The molecule has 0 saturated carbocycles. The number of amides is 3. The van der Waals surface area contributed by atoms with Crippen molar-refractivity contribution in [2.75, 3.05) is 20.2 Å². The Balaban J connectivity index is 0.982. The summed E-state index contributed by atoms with van der Waals surface area (Å²) in [5, 5.41) is 7.18. The summed E-state index contributed by atoms with van der Waals surface area (Å²) in [6, 6.07) is 13.9. The molecule has 0 radical (unpaired) electrons. The summed E-state index contributed by atoms with van der Waals surface area (Å²) in [7, 11) is 1.30. The van der Waals surface area contributed by atoms with Gasteiger partial charge in [0.25, 0.3) is 0 Å². The van der Waals surface area contributed by atoms with E-state index in [1.54, 1.807) is 27.6 Å². The number of carbonyl (C=O) groups excluding carboxylic acids is 3. The predicted octanol–water partition coefficient (Wildman–Crippen LogP) is 9.68. The highest BCUT2D eigenvalue weighted by atomic mass is 32.1. The molecule has 292 valence electrons. The van der Waals surface area contributed by atoms with Crippen molar-refractivity contribution in [3.63, 3.8) is 0 Å². The number of thiophene rings is 2. The number of nitrogens with one attached hydrogen (secondary N) is 3. The normalized spacial score (nSPS) is 18.0. The van der Waals surface area contributed by atoms with Crippen molar-refractivity contribution in [3.05, 3.63) is 71.1 Å². The average molecular weight is 794 g/mol. The zero-order valence-corrected chi connectivity index (χ0v) is 34.1. The maximum Gasteiger partial charge on any atom is 0.410 e. The first-order valence-electron chi connectivity index (χ1n) is 19.2. The van der Waals surface area contributed by atoms with Gasteiger partial charge >= 0.3 is 12.2 Å². The smallest absolute Gasteiger partial charge is 0.410 e. The number of aromatic amines is 2. The molecule has 3 N–H and O–H groups in total. The summed E-state index contributed by atoms with van der Waals surface area (Å²) < 4.78 is 13.0. The van der Waals surface area contributed by atoms with Crippen molar-refractivity contribution in [2.45, 2.75) is 84.0 Å². The van der Waals surface area contributed by atoms with Crippen molar-refractivity contribution < 1.29 is 23.9 Å². The lowest BCUT2D eigenvalue weighted by molar-refractivity contribution is -0.135. The summed E-state index contributed by atoms with van der Waals surface area (Å²) in [6.07, 6.45) is 4.33. The lowest BCUT2D eigenvalue weighted by atomic mass is 10.0. The molecule has 2 fully saturated rings. The number of fused-ring (bicyclic) bond motifs is 2. The van der Waals surface area contributed by atoms with Crippen LogP contribution in [0.25, 0.3) is 53.9 Å². The predicted molar refractivity (Wildman–Crippen MR) is 221 cm³/mol. The Hall–Kier alpha value is -5.21. The number of nitrogens with zero attached hydrogens (tertiary/aromatic N) is 4. The van der Waals surface area contributed by atoms with Crippen LogP contribution in [-0.2, 0) is 14.3 Å². The number of alkyl carbamates (subject to hydrolysis) is 1. The fourth-order valence-corrected chi connectivity index (χ4v) is 10.3. The molecule has 2 aliphatic rings. The minimum atomic E-state index is -0.678. The second kappa shape index (κ2) is 15.0. The van der Waals surface area contributed by atoms with Gasteiger partial charge in [-0.15, -0.1) is 22.7 Å². The van der Waals surface area contributed by atoms with E-state index in [0.29, 0.717) is 13.1 Å². The number of likely N-dealkylation sites (tertiary alicyclic amines) is 2. The van der Waals surface area contributed by atoms with Gasteiger partial charge in [-0.2, -0.15) is 0 Å². The maximum absolute atomic E-state index is 13.6. The van der Waals surface area contributed by atoms with Crippen LogP contribution in [0.5, 0.6) is 0 Å². The molecule has 3 amide bonds. The summed E-state index contributed by atoms with van der Waals surface area (Å²) in [6.45, 7) is 10.8. The molecule has 6 heterocycles. The third-order valence-electron chi connectivity index (χ3n) is 10.6. The van der Waals surface area contributed by atoms with Gasteiger partial charge in [0, 0.05) is 35.0 Å². The number of ether oxygens (including phenoxy) is 2. The number of methoxy groups -OCH3 is 1. The van der Waals surface area contributed by atoms with Crippen LogP contribution in [0.15, 0.2) is 59.4 Å². The zero-order valence-electron chi connectivity index (χ0n) is 32.5. The molecule has 12 nitrogen and oxygen atoms in total. The highest BCUT2D eigenvalue weighted by Crippen LogP contribution is 2.45. The van der Waals surface area contributed by atoms with E-state index in [0.717, 1.165) is 70.7 Å². The number of aromatic nitrogens is 4. The Labute approximate surface area is 333 Å². The van der Waals surface area contributed by atoms with Crippen LogP contribution in [0.1, 0.15) is 84.0 Å². The number of imidazole rings is 2. The Morgan fingerprint density at radius 3 is 2.14 bits per heavy atom. The molecule has 0 unspecified atom stereocenters. The molecular weight excluding hydrogens is 747 g/mol. The molecule has 0 spiro atoms. The van der Waals surface area contributed by atoms with Gasteiger partial charge in [0.15, 0.2) is 0 Å². The fraction of sp³-hybridized carbons (Fsp3) is 0.405. The van der Waals surface area contributed by atoms with Crippen molar-refractivity contribution >= 4 is 61.2 Å². The van der Waals surface area contributed by atoms with Gasteiger partial charge in [-0.05, 0) is 81.2 Å². The van der Waals surface area contributed by atoms with Gasteiger partial charge in [0.2, 0.25) is 5.91 Å². The SMILES string of the molecule is COC(=O)N[C@H](C(=O)N1CCC[C@H]1c1ncc(-c2ccc(-c3csc4c(-c5ccc6nc([C@@H]7CCCN7C(=O)OC(C)(C)C)[nH]c6c5)csc34)cc2)[nH]1)C(C)C. The van der Waals surface area contributed by atoms with E-state index in [1.165, 1.54) is 27.6 Å². The van der Waals surface area contributed by atoms with E-state index in [-0.39, 0.29) is 30.0 Å². The van der Waals surface area contributed by atoms with E-state index >= 15 is 0 Å². The van der Waals surface area contributed by atoms with Gasteiger partial charge in [0.1, 0.15) is 23.3 Å². The Morgan fingerprint density at radius 1 is 0.857 bits per heavy atom. The highest BCUT2D eigenvalue weighted by Gasteiger charge is 2.38. The molecular formula is C42H47N7O5S2. The summed E-state index contributed by atoms with van der Waals surface area (Å²) in [5.74, 6) is 1.32. The molecule has 4 aromatic heterocycles. The second-order valence-electron chi connectivity index (χ2n) is 15.9. The van der Waals surface area contributed by atoms with E-state index in [4.69, 9.17) is 19.4 Å². The number of H-pyrrole nitrogens is 2. The fourth-order valence-electron chi connectivity index (χ4n) is 7.84. The van der Waals surface area contributed by atoms with E-state index in [9.17, 15) is 14.4 Å². The summed E-state index contributed by atoms with van der Waals surface area (Å²) in [4.78, 5) is 58.7. The first kappa shape index (κ1) is 37.7. The number of rotatable bonds is 8. The second-order valence-corrected chi connectivity index (χ2v) is 17.7. The van der Waals surface area contributed by atoms with E-state index in [1.807, 2.05) is 45.7 Å². The molecule has 6 aromatic rings. The van der Waals surface area contributed by atoms with Crippen molar-refractivity contribution in [1.29, 1.82) is 0 Å². The third-order valence-corrected chi connectivity index (χ3v) is 12.8. The average Bonchev–Trinajstić information content (AvgIpc) is 4.02. The number of hydrogen-bond donors (Lipinski definition) is 3. The number of benzene rings is 2. The van der Waals surface area contributed by atoms with Crippen LogP contribution in [0.2, 0.25) is 0 Å². The quantitative estimate of drug-likeness (QED) is 0.139. The Kier molecular flexibility index (Phi) is 10.1. The maximum atomic E-state index is 13.6. The van der Waals surface area contributed by atoms with Crippen LogP contribution < -0.4 is 5.32 Å². The number of carbonyl (C=O) groups is 3. The zero-order chi connectivity index (χ0) is 39.3. The van der Waals surface area contributed by atoms with Gasteiger partial charge < -0.3 is 29.7 Å². The minimum absolute atomic E-state index is 0.0957. The minimum Gasteiger partial charge on any atom is -0.453 e. The van der Waals surface area contributed by atoms with Crippen molar-refractivity contribution in [1.82, 2.24) is 35.1 Å². The van der Waals surface area contributed by atoms with Gasteiger partial charge in [0.05, 0.1) is 51.5 Å². The standard InChI is InChI=1S/C42H47N7O5S2/c1-23(2)34(47-40(51)53-6)39(50)48-17-7-9-32(48)37-43-20-31(46-37)25-13-11-24(12-14-25)27-21-55-36-28(22-56-35(27)36)26-15-16-29-30(19-26)45-38(44-29)33-10-8-18-49(33)41(52)54-42(3,4)5/h11-16,19-23,32-34H,7-10,17-18H2,1-6H3,(H,43,46)(H,44,45)(H,47,51)/t32-,33-,34-/m0/s1. The lowest BCUT2D eigenvalue weighted by Gasteiger charge is -2.30. The molecule has 2 aromatic carbocycles. The molecule has 2 aliphatic heterocycles. The molecule has 8 rings (SSSR count). The van der Waals surface area contributed by atoms with Crippen LogP contribution in [0.4, 0.5) is 9.59 Å². The molecule has 14 heteroatoms. The summed E-state index contributed by atoms with van der Waals surface area (Å²) >= 11 is 3.50. The molecule has 0 aliphatic carbocycles. The first-order chi connectivity index (χ1) is 26.9.